The number of rotatable bonds is 3. The number of benzene rings is 1. The van der Waals surface area contributed by atoms with E-state index in [-0.39, 0.29) is 13.5 Å². The lowest BCUT2D eigenvalue weighted by molar-refractivity contribution is -0.144. The van der Waals surface area contributed by atoms with Crippen molar-refractivity contribution in [2.24, 2.45) is 0 Å². The Balaban J connectivity index is 0.00000162. The van der Waals surface area contributed by atoms with Gasteiger partial charge >= 0.3 is 5.97 Å². The summed E-state index contributed by atoms with van der Waals surface area (Å²) in [6.45, 7) is 1.26. The van der Waals surface area contributed by atoms with Crippen LogP contribution in [-0.2, 0) is 4.79 Å². The summed E-state index contributed by atoms with van der Waals surface area (Å²) in [6.07, 6.45) is 1.02. The van der Waals surface area contributed by atoms with Gasteiger partial charge in [-0.1, -0.05) is 37.8 Å². The molecule has 0 aliphatic carbocycles. The Bertz CT molecular complexity index is 372. The van der Waals surface area contributed by atoms with Gasteiger partial charge in [-0.15, -0.1) is 0 Å². The number of nitrogens with zero attached hydrogens (tertiary/aromatic N) is 1. The molecule has 1 heterocycles. The molecule has 1 unspecified atom stereocenters. The zero-order valence-electron chi connectivity index (χ0n) is 9.62. The van der Waals surface area contributed by atoms with Crippen molar-refractivity contribution in [2.45, 2.75) is 32.4 Å². The van der Waals surface area contributed by atoms with E-state index in [1.54, 1.807) is 0 Å². The van der Waals surface area contributed by atoms with Crippen LogP contribution < -0.4 is 0 Å². The smallest absolute Gasteiger partial charge is 0.325 e. The van der Waals surface area contributed by atoms with Crippen molar-refractivity contribution in [1.82, 2.24) is 4.90 Å². The maximum atomic E-state index is 11.4. The Morgan fingerprint density at radius 3 is 2.28 bits per heavy atom. The number of aliphatic hydroxyl groups is 1. The van der Waals surface area contributed by atoms with Gasteiger partial charge in [-0.25, -0.2) is 0 Å². The van der Waals surface area contributed by atoms with Crippen molar-refractivity contribution < 1.29 is 15.0 Å². The number of carboxylic acid groups (broad SMARTS) is 1. The summed E-state index contributed by atoms with van der Waals surface area (Å²) in [5.41, 5.74) is 0.802. The van der Waals surface area contributed by atoms with E-state index >= 15 is 0 Å². The van der Waals surface area contributed by atoms with Crippen LogP contribution in [0.4, 0.5) is 0 Å². The van der Waals surface area contributed by atoms with E-state index in [9.17, 15) is 15.0 Å². The number of piperidine rings is 1. The van der Waals surface area contributed by atoms with Crippen molar-refractivity contribution in [2.75, 3.05) is 13.1 Å². The molecule has 1 aromatic rings. The molecule has 100 valence electrons. The molecule has 1 aliphatic rings. The summed E-state index contributed by atoms with van der Waals surface area (Å²) in [4.78, 5) is 13.3. The molecule has 4 heteroatoms. The highest BCUT2D eigenvalue weighted by atomic mass is 16.4. The third kappa shape index (κ3) is 3.31. The second-order valence-electron chi connectivity index (χ2n) is 4.42. The Morgan fingerprint density at radius 2 is 1.78 bits per heavy atom. The number of carboxylic acids is 1. The van der Waals surface area contributed by atoms with Crippen molar-refractivity contribution in [1.29, 1.82) is 0 Å². The van der Waals surface area contributed by atoms with E-state index < -0.39 is 12.0 Å². The monoisotopic (exact) mass is 251 g/mol. The molecule has 0 spiro atoms. The normalized spacial score (nSPS) is 18.9. The zero-order chi connectivity index (χ0) is 12.3. The second kappa shape index (κ2) is 6.52. The topological polar surface area (TPSA) is 60.8 Å². The fourth-order valence-electron chi connectivity index (χ4n) is 2.29. The van der Waals surface area contributed by atoms with Gasteiger partial charge in [-0.3, -0.25) is 9.69 Å². The first-order valence-electron chi connectivity index (χ1n) is 5.88. The summed E-state index contributed by atoms with van der Waals surface area (Å²) < 4.78 is 0. The van der Waals surface area contributed by atoms with Crippen molar-refractivity contribution in [3.05, 3.63) is 35.9 Å². The summed E-state index contributed by atoms with van der Waals surface area (Å²) in [5.74, 6) is -0.826. The van der Waals surface area contributed by atoms with Crippen LogP contribution >= 0.6 is 0 Å². The Morgan fingerprint density at radius 1 is 1.22 bits per heavy atom. The Labute approximate surface area is 108 Å². The predicted octanol–water partition coefficient (Wildman–Crippen LogP) is 1.91. The lowest BCUT2D eigenvalue weighted by Crippen LogP contribution is -2.41. The third-order valence-electron chi connectivity index (χ3n) is 3.21. The Hall–Kier alpha value is -1.39. The van der Waals surface area contributed by atoms with E-state index in [0.29, 0.717) is 25.9 Å². The SMILES string of the molecule is C.O=C(O)C(c1ccccc1)N1CCC(O)CC1. The summed E-state index contributed by atoms with van der Waals surface area (Å²) in [7, 11) is 0. The van der Waals surface area contributed by atoms with Gasteiger partial charge in [0.25, 0.3) is 0 Å². The van der Waals surface area contributed by atoms with Gasteiger partial charge in [0.2, 0.25) is 0 Å². The van der Waals surface area contributed by atoms with Crippen molar-refractivity contribution >= 4 is 5.97 Å². The van der Waals surface area contributed by atoms with Crippen molar-refractivity contribution in [3.8, 4) is 0 Å². The standard InChI is InChI=1S/C13H17NO3.CH4/c15-11-6-8-14(9-7-11)12(13(16)17)10-4-2-1-3-5-10;/h1-5,11-12,15H,6-9H2,(H,16,17);1H4. The van der Waals surface area contributed by atoms with E-state index in [2.05, 4.69) is 0 Å². The molecular weight excluding hydrogens is 230 g/mol. The maximum Gasteiger partial charge on any atom is 0.325 e. The summed E-state index contributed by atoms with van der Waals surface area (Å²) in [5, 5.41) is 18.8. The molecule has 0 amide bonds. The summed E-state index contributed by atoms with van der Waals surface area (Å²) in [6, 6.07) is 8.66. The van der Waals surface area contributed by atoms with Crippen molar-refractivity contribution in [3.63, 3.8) is 0 Å². The van der Waals surface area contributed by atoms with Gasteiger partial charge in [-0.2, -0.15) is 0 Å². The molecular formula is C14H21NO3. The minimum absolute atomic E-state index is 0. The molecule has 2 rings (SSSR count). The maximum absolute atomic E-state index is 11.4. The first-order valence-corrected chi connectivity index (χ1v) is 5.88. The quantitative estimate of drug-likeness (QED) is 0.861. The van der Waals surface area contributed by atoms with E-state index in [4.69, 9.17) is 0 Å². The van der Waals surface area contributed by atoms with Crippen LogP contribution in [0.1, 0.15) is 31.9 Å². The van der Waals surface area contributed by atoms with E-state index in [1.807, 2.05) is 35.2 Å². The molecule has 4 nitrogen and oxygen atoms in total. The number of hydrogen-bond donors (Lipinski definition) is 2. The van der Waals surface area contributed by atoms with Crippen LogP contribution in [-0.4, -0.2) is 40.3 Å². The average Bonchev–Trinajstić information content (AvgIpc) is 2.33. The number of likely N-dealkylation sites (tertiary alicyclic amines) is 1. The molecule has 18 heavy (non-hydrogen) atoms. The minimum Gasteiger partial charge on any atom is -0.480 e. The van der Waals surface area contributed by atoms with Crippen LogP contribution in [0, 0.1) is 0 Å². The first-order chi connectivity index (χ1) is 8.18. The molecule has 1 atom stereocenters. The molecule has 0 aromatic heterocycles. The second-order valence-corrected chi connectivity index (χ2v) is 4.42. The highest BCUT2D eigenvalue weighted by molar-refractivity contribution is 5.75. The van der Waals surface area contributed by atoms with Gasteiger partial charge in [0.15, 0.2) is 0 Å². The number of hydrogen-bond acceptors (Lipinski definition) is 3. The molecule has 2 N–H and O–H groups in total. The molecule has 1 saturated heterocycles. The third-order valence-corrected chi connectivity index (χ3v) is 3.21. The lowest BCUT2D eigenvalue weighted by Gasteiger charge is -2.34. The molecule has 0 radical (unpaired) electrons. The van der Waals surface area contributed by atoms with Crippen LogP contribution in [0.25, 0.3) is 0 Å². The molecule has 1 aromatic carbocycles. The van der Waals surface area contributed by atoms with Gasteiger partial charge < -0.3 is 10.2 Å². The van der Waals surface area contributed by atoms with Gasteiger partial charge in [0, 0.05) is 13.1 Å². The van der Waals surface area contributed by atoms with E-state index in [0.717, 1.165) is 5.56 Å². The molecule has 1 fully saturated rings. The van der Waals surface area contributed by atoms with E-state index in [1.165, 1.54) is 0 Å². The summed E-state index contributed by atoms with van der Waals surface area (Å²) >= 11 is 0. The molecule has 0 saturated carbocycles. The van der Waals surface area contributed by atoms with Crippen LogP contribution in [0.3, 0.4) is 0 Å². The van der Waals surface area contributed by atoms with Gasteiger partial charge in [0.05, 0.1) is 6.10 Å². The van der Waals surface area contributed by atoms with Crippen LogP contribution in [0.2, 0.25) is 0 Å². The number of aliphatic carboxylic acids is 1. The molecule has 1 aliphatic heterocycles. The average molecular weight is 251 g/mol. The fraction of sp³-hybridized carbons (Fsp3) is 0.500. The zero-order valence-corrected chi connectivity index (χ0v) is 9.62. The van der Waals surface area contributed by atoms with Crippen LogP contribution in [0.15, 0.2) is 30.3 Å². The lowest BCUT2D eigenvalue weighted by atomic mass is 10.0. The molecule has 0 bridgehead atoms. The predicted molar refractivity (Wildman–Crippen MR) is 70.4 cm³/mol. The van der Waals surface area contributed by atoms with Gasteiger partial charge in [-0.05, 0) is 18.4 Å². The highest BCUT2D eigenvalue weighted by Crippen LogP contribution is 2.24. The number of carbonyl (C=O) groups is 1. The minimum atomic E-state index is -0.826. The van der Waals surface area contributed by atoms with Crippen LogP contribution in [0.5, 0.6) is 0 Å². The number of aliphatic hydroxyl groups excluding tert-OH is 1. The highest BCUT2D eigenvalue weighted by Gasteiger charge is 2.30. The first kappa shape index (κ1) is 14.7. The van der Waals surface area contributed by atoms with Gasteiger partial charge in [0.1, 0.15) is 6.04 Å². The largest absolute Gasteiger partial charge is 0.480 e. The Kier molecular flexibility index (Phi) is 5.31. The fourth-order valence-corrected chi connectivity index (χ4v) is 2.29.